The molecule has 30 heavy (non-hydrogen) atoms. The molecule has 3 rings (SSSR count). The van der Waals surface area contributed by atoms with Crippen LogP contribution in [-0.2, 0) is 18.4 Å². The van der Waals surface area contributed by atoms with Gasteiger partial charge in [0.15, 0.2) is 5.65 Å². The SMILES string of the molecule is Cc1cc(CN)cc(NC(=O)c2cc(C)nc3c2cnn3C)c1.O=C(O)C(F)(F)F. The Labute approximate surface area is 169 Å². The van der Waals surface area contributed by atoms with Gasteiger partial charge in [-0.1, -0.05) is 6.07 Å². The Morgan fingerprint density at radius 2 is 1.83 bits per heavy atom. The van der Waals surface area contributed by atoms with Gasteiger partial charge in [0, 0.05) is 25.0 Å². The molecule has 2 aromatic heterocycles. The van der Waals surface area contributed by atoms with Crippen molar-refractivity contribution in [3.8, 4) is 0 Å². The smallest absolute Gasteiger partial charge is 0.475 e. The predicted octanol–water partition coefficient (Wildman–Crippen LogP) is 2.93. The van der Waals surface area contributed by atoms with E-state index in [0.29, 0.717) is 17.8 Å². The Bertz CT molecular complexity index is 1090. The molecular weight excluding hydrogens is 403 g/mol. The van der Waals surface area contributed by atoms with E-state index < -0.39 is 12.1 Å². The van der Waals surface area contributed by atoms with E-state index in [-0.39, 0.29) is 5.91 Å². The number of benzene rings is 1. The normalized spacial score (nSPS) is 11.0. The predicted molar refractivity (Wildman–Crippen MR) is 104 cm³/mol. The summed E-state index contributed by atoms with van der Waals surface area (Å²) in [7, 11) is 1.81. The zero-order chi connectivity index (χ0) is 22.6. The minimum atomic E-state index is -5.08. The van der Waals surface area contributed by atoms with Crippen molar-refractivity contribution in [2.75, 3.05) is 5.32 Å². The van der Waals surface area contributed by atoms with Gasteiger partial charge in [0.2, 0.25) is 0 Å². The molecule has 0 spiro atoms. The lowest BCUT2D eigenvalue weighted by Crippen LogP contribution is -2.21. The minimum Gasteiger partial charge on any atom is -0.475 e. The molecule has 0 aliphatic rings. The van der Waals surface area contributed by atoms with Crippen LogP contribution < -0.4 is 11.1 Å². The lowest BCUT2D eigenvalue weighted by molar-refractivity contribution is -0.192. The molecule has 0 saturated carbocycles. The highest BCUT2D eigenvalue weighted by Gasteiger charge is 2.38. The molecule has 11 heteroatoms. The zero-order valence-electron chi connectivity index (χ0n) is 16.4. The molecule has 0 saturated heterocycles. The number of anilines is 1. The van der Waals surface area contributed by atoms with Crippen LogP contribution in [0.5, 0.6) is 0 Å². The minimum absolute atomic E-state index is 0.179. The lowest BCUT2D eigenvalue weighted by Gasteiger charge is -2.10. The first-order chi connectivity index (χ1) is 13.9. The lowest BCUT2D eigenvalue weighted by atomic mass is 10.1. The molecule has 3 aromatic rings. The molecule has 1 amide bonds. The molecule has 0 radical (unpaired) electrons. The third-order valence-electron chi connectivity index (χ3n) is 3.95. The van der Waals surface area contributed by atoms with E-state index in [1.165, 1.54) is 0 Å². The molecule has 0 atom stereocenters. The number of aliphatic carboxylic acids is 1. The molecule has 0 aliphatic carbocycles. The number of carbonyl (C=O) groups excluding carboxylic acids is 1. The molecular formula is C19H20F3N5O3. The van der Waals surface area contributed by atoms with Crippen LogP contribution >= 0.6 is 0 Å². The fraction of sp³-hybridized carbons (Fsp3) is 0.263. The van der Waals surface area contributed by atoms with Crippen molar-refractivity contribution in [1.29, 1.82) is 0 Å². The van der Waals surface area contributed by atoms with Crippen LogP contribution in [0.1, 0.15) is 27.2 Å². The summed E-state index contributed by atoms with van der Waals surface area (Å²) in [5.74, 6) is -2.94. The highest BCUT2D eigenvalue weighted by atomic mass is 19.4. The van der Waals surface area contributed by atoms with Gasteiger partial charge in [0.25, 0.3) is 5.91 Å². The number of carboxylic acids is 1. The van der Waals surface area contributed by atoms with E-state index in [1.54, 1.807) is 16.9 Å². The van der Waals surface area contributed by atoms with E-state index in [1.807, 2.05) is 39.1 Å². The number of aryl methyl sites for hydroxylation is 3. The van der Waals surface area contributed by atoms with E-state index in [2.05, 4.69) is 15.4 Å². The number of nitrogens with two attached hydrogens (primary N) is 1. The number of hydrogen-bond donors (Lipinski definition) is 3. The average molecular weight is 423 g/mol. The number of nitrogens with zero attached hydrogens (tertiary/aromatic N) is 3. The van der Waals surface area contributed by atoms with Crippen LogP contribution in [0.4, 0.5) is 18.9 Å². The molecule has 0 unspecified atom stereocenters. The van der Waals surface area contributed by atoms with Crippen molar-refractivity contribution in [3.63, 3.8) is 0 Å². The topological polar surface area (TPSA) is 123 Å². The molecule has 1 aromatic carbocycles. The summed E-state index contributed by atoms with van der Waals surface area (Å²) in [6, 6.07) is 7.59. The third kappa shape index (κ3) is 5.54. The van der Waals surface area contributed by atoms with E-state index in [9.17, 15) is 18.0 Å². The van der Waals surface area contributed by atoms with Gasteiger partial charge in [-0.3, -0.25) is 9.48 Å². The van der Waals surface area contributed by atoms with Gasteiger partial charge >= 0.3 is 12.1 Å². The largest absolute Gasteiger partial charge is 0.490 e. The first-order valence-electron chi connectivity index (χ1n) is 8.63. The fourth-order valence-corrected chi connectivity index (χ4v) is 2.68. The van der Waals surface area contributed by atoms with Gasteiger partial charge < -0.3 is 16.2 Å². The van der Waals surface area contributed by atoms with Crippen molar-refractivity contribution in [1.82, 2.24) is 14.8 Å². The van der Waals surface area contributed by atoms with Gasteiger partial charge in [0.1, 0.15) is 0 Å². The van der Waals surface area contributed by atoms with Crippen LogP contribution in [0.2, 0.25) is 0 Å². The number of carboxylic acid groups (broad SMARTS) is 1. The van der Waals surface area contributed by atoms with Gasteiger partial charge in [-0.15, -0.1) is 0 Å². The van der Waals surface area contributed by atoms with Gasteiger partial charge in [-0.2, -0.15) is 18.3 Å². The number of pyridine rings is 1. The van der Waals surface area contributed by atoms with Gasteiger partial charge in [-0.05, 0) is 43.2 Å². The Morgan fingerprint density at radius 1 is 1.20 bits per heavy atom. The number of aromatic nitrogens is 3. The number of amides is 1. The van der Waals surface area contributed by atoms with Gasteiger partial charge in [0.05, 0.1) is 17.1 Å². The van der Waals surface area contributed by atoms with Crippen LogP contribution in [-0.4, -0.2) is 37.9 Å². The summed E-state index contributed by atoms with van der Waals surface area (Å²) in [4.78, 5) is 26.0. The Hall–Kier alpha value is -3.47. The average Bonchev–Trinajstić information content (AvgIpc) is 3.01. The summed E-state index contributed by atoms with van der Waals surface area (Å²) in [5.41, 5.74) is 10.5. The van der Waals surface area contributed by atoms with Gasteiger partial charge in [-0.25, -0.2) is 9.78 Å². The summed E-state index contributed by atoms with van der Waals surface area (Å²) >= 11 is 0. The maximum atomic E-state index is 12.7. The number of hydrogen-bond acceptors (Lipinski definition) is 5. The number of fused-ring (bicyclic) bond motifs is 1. The second-order valence-corrected chi connectivity index (χ2v) is 6.49. The second kappa shape index (κ2) is 8.91. The fourth-order valence-electron chi connectivity index (χ4n) is 2.68. The van der Waals surface area contributed by atoms with Crippen molar-refractivity contribution >= 4 is 28.6 Å². The zero-order valence-corrected chi connectivity index (χ0v) is 16.4. The molecule has 2 heterocycles. The maximum absolute atomic E-state index is 12.7. The molecule has 0 bridgehead atoms. The Kier molecular flexibility index (Phi) is 6.77. The summed E-state index contributed by atoms with van der Waals surface area (Å²) < 4.78 is 33.4. The van der Waals surface area contributed by atoms with Crippen molar-refractivity contribution in [2.24, 2.45) is 12.8 Å². The van der Waals surface area contributed by atoms with Crippen LogP contribution in [0.3, 0.4) is 0 Å². The number of alkyl halides is 3. The monoisotopic (exact) mass is 423 g/mol. The standard InChI is InChI=1S/C17H19N5O.C2HF3O2/c1-10-4-12(8-18)7-13(5-10)21-17(23)14-6-11(2)20-16-15(14)9-19-22(16)3;3-2(4,5)1(6)7/h4-7,9H,8,18H2,1-3H3,(H,21,23);(H,6,7). The molecule has 0 fully saturated rings. The Morgan fingerprint density at radius 3 is 2.40 bits per heavy atom. The first-order valence-corrected chi connectivity index (χ1v) is 8.63. The van der Waals surface area contributed by atoms with Crippen molar-refractivity contribution in [3.05, 3.63) is 52.8 Å². The second-order valence-electron chi connectivity index (χ2n) is 6.49. The quantitative estimate of drug-likeness (QED) is 0.595. The summed E-state index contributed by atoms with van der Waals surface area (Å²) in [6.07, 6.45) is -3.42. The maximum Gasteiger partial charge on any atom is 0.490 e. The molecule has 8 nitrogen and oxygen atoms in total. The van der Waals surface area contributed by atoms with Crippen LogP contribution in [0.25, 0.3) is 11.0 Å². The summed E-state index contributed by atoms with van der Waals surface area (Å²) in [5, 5.41) is 15.0. The van der Waals surface area contributed by atoms with Crippen LogP contribution in [0, 0.1) is 13.8 Å². The summed E-state index contributed by atoms with van der Waals surface area (Å²) in [6.45, 7) is 4.28. The number of nitrogens with one attached hydrogen (secondary N) is 1. The van der Waals surface area contributed by atoms with E-state index >= 15 is 0 Å². The highest BCUT2D eigenvalue weighted by molar-refractivity contribution is 6.12. The first kappa shape index (κ1) is 22.8. The van der Waals surface area contributed by atoms with Crippen molar-refractivity contribution in [2.45, 2.75) is 26.6 Å². The number of carbonyl (C=O) groups is 2. The number of rotatable bonds is 3. The van der Waals surface area contributed by atoms with E-state index in [4.69, 9.17) is 15.6 Å². The van der Waals surface area contributed by atoms with Crippen LogP contribution in [0.15, 0.2) is 30.5 Å². The third-order valence-corrected chi connectivity index (χ3v) is 3.95. The highest BCUT2D eigenvalue weighted by Crippen LogP contribution is 2.20. The molecule has 160 valence electrons. The van der Waals surface area contributed by atoms with Crippen molar-refractivity contribution < 1.29 is 27.9 Å². The molecule has 4 N–H and O–H groups in total. The molecule has 0 aliphatic heterocycles. The number of halogens is 3. The van der Waals surface area contributed by atoms with E-state index in [0.717, 1.165) is 27.9 Å². The Balaban J connectivity index is 0.000000396.